The van der Waals surface area contributed by atoms with E-state index in [-0.39, 0.29) is 0 Å². The largest absolute Gasteiger partial charge is 0.463 e. The highest BCUT2D eigenvalue weighted by molar-refractivity contribution is 5.87. The first kappa shape index (κ1) is 13.1. The number of methoxy groups -OCH3 is 1. The Morgan fingerprint density at radius 3 is 3.22 bits per heavy atom. The smallest absolute Gasteiger partial charge is 0.374 e. The van der Waals surface area contributed by atoms with Gasteiger partial charge in [0, 0.05) is 24.7 Å². The van der Waals surface area contributed by atoms with Crippen LogP contribution in [0.25, 0.3) is 0 Å². The van der Waals surface area contributed by atoms with Crippen molar-refractivity contribution in [2.45, 2.75) is 25.4 Å². The maximum atomic E-state index is 11.5. The van der Waals surface area contributed by atoms with E-state index in [0.29, 0.717) is 11.8 Å². The highest BCUT2D eigenvalue weighted by Crippen LogP contribution is 2.22. The fraction of sp³-hybridized carbons (Fsp3) is 0.615. The van der Waals surface area contributed by atoms with Gasteiger partial charge in [-0.3, -0.25) is 4.90 Å². The molecule has 1 aliphatic heterocycles. The van der Waals surface area contributed by atoms with Crippen LogP contribution in [0.2, 0.25) is 0 Å². The molecule has 0 bridgehead atoms. The van der Waals surface area contributed by atoms with Gasteiger partial charge in [-0.15, -0.1) is 0 Å². The number of nitrogens with zero attached hydrogens (tertiary/aromatic N) is 1. The molecule has 1 aromatic heterocycles. The Bertz CT molecular complexity index is 403. The minimum atomic E-state index is -0.403. The van der Waals surface area contributed by atoms with Gasteiger partial charge in [0.2, 0.25) is 5.76 Å². The number of carbonyl (C=O) groups is 1. The summed E-state index contributed by atoms with van der Waals surface area (Å²) in [7, 11) is 3.34. The molecule has 0 radical (unpaired) electrons. The molecule has 18 heavy (non-hydrogen) atoms. The molecule has 5 nitrogen and oxygen atoms in total. The zero-order chi connectivity index (χ0) is 13.0. The maximum Gasteiger partial charge on any atom is 0.374 e. The van der Waals surface area contributed by atoms with E-state index in [1.807, 2.05) is 13.1 Å². The molecule has 0 saturated carbocycles. The summed E-state index contributed by atoms with van der Waals surface area (Å²) in [5.41, 5.74) is 0.907. The van der Waals surface area contributed by atoms with Gasteiger partial charge in [0.05, 0.1) is 13.4 Å². The quantitative estimate of drug-likeness (QED) is 0.799. The molecule has 1 unspecified atom stereocenters. The van der Waals surface area contributed by atoms with Crippen LogP contribution in [-0.4, -0.2) is 44.2 Å². The van der Waals surface area contributed by atoms with Gasteiger partial charge in [0.15, 0.2) is 0 Å². The third-order valence-corrected chi connectivity index (χ3v) is 3.43. The highest BCUT2D eigenvalue weighted by atomic mass is 16.5. The summed E-state index contributed by atoms with van der Waals surface area (Å²) in [6.45, 7) is 2.79. The van der Waals surface area contributed by atoms with Crippen LogP contribution < -0.4 is 5.32 Å². The van der Waals surface area contributed by atoms with Crippen molar-refractivity contribution in [2.75, 3.05) is 27.2 Å². The Labute approximate surface area is 107 Å². The molecule has 0 spiro atoms. The minimum Gasteiger partial charge on any atom is -0.463 e. The van der Waals surface area contributed by atoms with Crippen LogP contribution in [-0.2, 0) is 11.3 Å². The van der Waals surface area contributed by atoms with Gasteiger partial charge in [-0.1, -0.05) is 0 Å². The fourth-order valence-corrected chi connectivity index (χ4v) is 2.52. The molecule has 100 valence electrons. The molecular weight excluding hydrogens is 232 g/mol. The van der Waals surface area contributed by atoms with Crippen molar-refractivity contribution >= 4 is 5.97 Å². The van der Waals surface area contributed by atoms with E-state index in [4.69, 9.17) is 9.15 Å². The second-order valence-corrected chi connectivity index (χ2v) is 4.59. The number of likely N-dealkylation sites (tertiary alicyclic amines) is 1. The fourth-order valence-electron chi connectivity index (χ4n) is 2.52. The maximum absolute atomic E-state index is 11.5. The summed E-state index contributed by atoms with van der Waals surface area (Å²) in [6.07, 6.45) is 3.95. The van der Waals surface area contributed by atoms with Crippen LogP contribution in [0.15, 0.2) is 16.7 Å². The van der Waals surface area contributed by atoms with Crippen LogP contribution in [0.1, 0.15) is 29.0 Å². The summed E-state index contributed by atoms with van der Waals surface area (Å²) in [5, 5.41) is 3.21. The Morgan fingerprint density at radius 2 is 2.50 bits per heavy atom. The lowest BCUT2D eigenvalue weighted by Crippen LogP contribution is -2.36. The molecule has 5 heteroatoms. The Morgan fingerprint density at radius 1 is 1.67 bits per heavy atom. The van der Waals surface area contributed by atoms with Crippen molar-refractivity contribution in [3.63, 3.8) is 0 Å². The first-order valence-electron chi connectivity index (χ1n) is 6.29. The predicted octanol–water partition coefficient (Wildman–Crippen LogP) is 1.25. The number of nitrogens with one attached hydrogen (secondary N) is 1. The summed E-state index contributed by atoms with van der Waals surface area (Å²) >= 11 is 0. The van der Waals surface area contributed by atoms with Gasteiger partial charge >= 0.3 is 5.97 Å². The van der Waals surface area contributed by atoms with Gasteiger partial charge in [0.25, 0.3) is 0 Å². The second kappa shape index (κ2) is 6.02. The van der Waals surface area contributed by atoms with Crippen LogP contribution in [0.3, 0.4) is 0 Å². The van der Waals surface area contributed by atoms with Crippen molar-refractivity contribution in [3.8, 4) is 0 Å². The van der Waals surface area contributed by atoms with Gasteiger partial charge in [0.1, 0.15) is 0 Å². The number of hydrogen-bond acceptors (Lipinski definition) is 5. The average Bonchev–Trinajstić information content (AvgIpc) is 3.00. The molecule has 1 atom stereocenters. The molecular formula is C13H20N2O3. The number of ether oxygens (including phenoxy) is 1. The summed E-state index contributed by atoms with van der Waals surface area (Å²) in [5.74, 6) is -0.0769. The van der Waals surface area contributed by atoms with E-state index in [0.717, 1.165) is 25.2 Å². The lowest BCUT2D eigenvalue weighted by Gasteiger charge is -2.23. The topological polar surface area (TPSA) is 54.7 Å². The number of esters is 1. The normalized spacial score (nSPS) is 20.2. The lowest BCUT2D eigenvalue weighted by molar-refractivity contribution is 0.0561. The van der Waals surface area contributed by atoms with Crippen molar-refractivity contribution < 1.29 is 13.9 Å². The Kier molecular flexibility index (Phi) is 4.38. The predicted molar refractivity (Wildman–Crippen MR) is 67.4 cm³/mol. The van der Waals surface area contributed by atoms with Crippen LogP contribution in [0.5, 0.6) is 0 Å². The van der Waals surface area contributed by atoms with E-state index in [1.54, 1.807) is 6.26 Å². The molecule has 0 aliphatic carbocycles. The highest BCUT2D eigenvalue weighted by Gasteiger charge is 2.26. The average molecular weight is 252 g/mol. The van der Waals surface area contributed by atoms with Crippen molar-refractivity contribution in [1.29, 1.82) is 0 Å². The van der Waals surface area contributed by atoms with Gasteiger partial charge in [-0.25, -0.2) is 4.79 Å². The molecule has 2 heterocycles. The van der Waals surface area contributed by atoms with E-state index in [1.165, 1.54) is 20.0 Å². The number of furan rings is 1. The van der Waals surface area contributed by atoms with Crippen molar-refractivity contribution in [1.82, 2.24) is 10.2 Å². The molecule has 1 aliphatic rings. The SMILES string of the molecule is CNCC1CCCN1Cc1ccoc1C(=O)OC. The van der Waals surface area contributed by atoms with Crippen molar-refractivity contribution in [3.05, 3.63) is 23.7 Å². The lowest BCUT2D eigenvalue weighted by atomic mass is 10.2. The summed E-state index contributed by atoms with van der Waals surface area (Å²) in [6, 6.07) is 2.39. The van der Waals surface area contributed by atoms with E-state index in [2.05, 4.69) is 10.2 Å². The molecule has 1 aromatic rings. The van der Waals surface area contributed by atoms with E-state index >= 15 is 0 Å². The van der Waals surface area contributed by atoms with E-state index in [9.17, 15) is 4.79 Å². The molecule has 1 saturated heterocycles. The Balaban J connectivity index is 2.05. The van der Waals surface area contributed by atoms with Crippen molar-refractivity contribution in [2.24, 2.45) is 0 Å². The number of carbonyl (C=O) groups excluding carboxylic acids is 1. The molecule has 0 amide bonds. The van der Waals surface area contributed by atoms with Crippen LogP contribution in [0.4, 0.5) is 0 Å². The van der Waals surface area contributed by atoms with Crippen LogP contribution >= 0.6 is 0 Å². The third-order valence-electron chi connectivity index (χ3n) is 3.43. The first-order chi connectivity index (χ1) is 8.76. The van der Waals surface area contributed by atoms with Gasteiger partial charge in [-0.2, -0.15) is 0 Å². The summed E-state index contributed by atoms with van der Waals surface area (Å²) < 4.78 is 9.92. The summed E-state index contributed by atoms with van der Waals surface area (Å²) in [4.78, 5) is 13.9. The number of hydrogen-bond donors (Lipinski definition) is 1. The zero-order valence-electron chi connectivity index (χ0n) is 10.9. The molecule has 1 fully saturated rings. The van der Waals surface area contributed by atoms with Gasteiger partial charge in [-0.05, 0) is 32.5 Å². The monoisotopic (exact) mass is 252 g/mol. The number of rotatable bonds is 5. The first-order valence-corrected chi connectivity index (χ1v) is 6.29. The molecule has 1 N–H and O–H groups in total. The standard InChI is InChI=1S/C13H20N2O3/c1-14-8-11-4-3-6-15(11)9-10-5-7-18-12(10)13(16)17-2/h5,7,11,14H,3-4,6,8-9H2,1-2H3. The second-order valence-electron chi connectivity index (χ2n) is 4.59. The zero-order valence-corrected chi connectivity index (χ0v) is 10.9. The van der Waals surface area contributed by atoms with Gasteiger partial charge < -0.3 is 14.5 Å². The van der Waals surface area contributed by atoms with E-state index < -0.39 is 5.97 Å². The molecule has 2 rings (SSSR count). The van der Waals surface area contributed by atoms with Crippen LogP contribution in [0, 0.1) is 0 Å². The number of likely N-dealkylation sites (N-methyl/N-ethyl adjacent to an activating group) is 1. The molecule has 0 aromatic carbocycles. The minimum absolute atomic E-state index is 0.326. The third kappa shape index (κ3) is 2.73. The Hall–Kier alpha value is -1.33.